The largest absolute Gasteiger partial charge is 0.354 e. The van der Waals surface area contributed by atoms with Gasteiger partial charge in [0.05, 0.1) is 5.92 Å². The van der Waals surface area contributed by atoms with Crippen molar-refractivity contribution in [2.75, 3.05) is 25.0 Å². The molecule has 1 aliphatic rings. The summed E-state index contributed by atoms with van der Waals surface area (Å²) in [4.78, 5) is 26.1. The van der Waals surface area contributed by atoms with E-state index in [1.54, 1.807) is 4.90 Å². The molecule has 0 bridgehead atoms. The highest BCUT2D eigenvalue weighted by atomic mass is 16.2. The topological polar surface area (TPSA) is 61.4 Å². The predicted molar refractivity (Wildman–Crippen MR) is 87.8 cm³/mol. The van der Waals surface area contributed by atoms with Crippen molar-refractivity contribution in [3.05, 3.63) is 29.8 Å². The van der Waals surface area contributed by atoms with Gasteiger partial charge in [0.1, 0.15) is 0 Å². The molecular weight excluding hydrogens is 278 g/mol. The number of carbonyl (C=O) groups is 2. The summed E-state index contributed by atoms with van der Waals surface area (Å²) in [5, 5.41) is 5.98. The van der Waals surface area contributed by atoms with E-state index >= 15 is 0 Å². The van der Waals surface area contributed by atoms with E-state index < -0.39 is 0 Å². The molecule has 5 nitrogen and oxygen atoms in total. The van der Waals surface area contributed by atoms with Crippen LogP contribution in [0.4, 0.5) is 5.69 Å². The minimum absolute atomic E-state index is 0.0195. The maximum Gasteiger partial charge on any atom is 0.227 e. The van der Waals surface area contributed by atoms with Crippen LogP contribution in [0, 0.1) is 5.92 Å². The minimum Gasteiger partial charge on any atom is -0.354 e. The number of rotatable bonds is 6. The SMILES string of the molecule is CCc1ccc(N2CC(C(=O)NCC(C)NC)CC2=O)cc1. The molecular formula is C17H25N3O2. The summed E-state index contributed by atoms with van der Waals surface area (Å²) >= 11 is 0. The molecule has 2 unspecified atom stereocenters. The smallest absolute Gasteiger partial charge is 0.227 e. The fraction of sp³-hybridized carbons (Fsp3) is 0.529. The molecule has 2 atom stereocenters. The van der Waals surface area contributed by atoms with Crippen LogP contribution >= 0.6 is 0 Å². The lowest BCUT2D eigenvalue weighted by molar-refractivity contribution is -0.126. The summed E-state index contributed by atoms with van der Waals surface area (Å²) < 4.78 is 0. The van der Waals surface area contributed by atoms with Crippen LogP contribution in [-0.2, 0) is 16.0 Å². The Kier molecular flexibility index (Phi) is 5.55. The third-order valence-electron chi connectivity index (χ3n) is 4.23. The molecule has 0 aliphatic carbocycles. The van der Waals surface area contributed by atoms with Crippen molar-refractivity contribution in [3.8, 4) is 0 Å². The van der Waals surface area contributed by atoms with E-state index in [0.717, 1.165) is 12.1 Å². The lowest BCUT2D eigenvalue weighted by Crippen LogP contribution is -2.40. The second-order valence-corrected chi connectivity index (χ2v) is 5.86. The van der Waals surface area contributed by atoms with Crippen LogP contribution in [0.3, 0.4) is 0 Å². The molecule has 1 fully saturated rings. The number of nitrogens with zero attached hydrogens (tertiary/aromatic N) is 1. The first-order valence-electron chi connectivity index (χ1n) is 7.89. The van der Waals surface area contributed by atoms with Gasteiger partial charge in [0.15, 0.2) is 0 Å². The van der Waals surface area contributed by atoms with Crippen LogP contribution < -0.4 is 15.5 Å². The number of benzene rings is 1. The van der Waals surface area contributed by atoms with Gasteiger partial charge in [-0.3, -0.25) is 9.59 Å². The van der Waals surface area contributed by atoms with Gasteiger partial charge in [-0.25, -0.2) is 0 Å². The van der Waals surface area contributed by atoms with Gasteiger partial charge in [-0.1, -0.05) is 19.1 Å². The average molecular weight is 303 g/mol. The van der Waals surface area contributed by atoms with Gasteiger partial charge in [-0.15, -0.1) is 0 Å². The molecule has 5 heteroatoms. The van der Waals surface area contributed by atoms with Crippen LogP contribution in [0.25, 0.3) is 0 Å². The fourth-order valence-electron chi connectivity index (χ4n) is 2.54. The third kappa shape index (κ3) is 3.85. The van der Waals surface area contributed by atoms with Gasteiger partial charge in [0, 0.05) is 31.2 Å². The van der Waals surface area contributed by atoms with E-state index in [2.05, 4.69) is 17.6 Å². The highest BCUT2D eigenvalue weighted by Crippen LogP contribution is 2.25. The first-order valence-corrected chi connectivity index (χ1v) is 7.89. The van der Waals surface area contributed by atoms with Crippen molar-refractivity contribution in [1.82, 2.24) is 10.6 Å². The maximum absolute atomic E-state index is 12.2. The number of carbonyl (C=O) groups excluding carboxylic acids is 2. The molecule has 0 spiro atoms. The number of nitrogens with one attached hydrogen (secondary N) is 2. The first kappa shape index (κ1) is 16.5. The lowest BCUT2D eigenvalue weighted by atomic mass is 10.1. The molecule has 1 heterocycles. The van der Waals surface area contributed by atoms with Gasteiger partial charge in [0.2, 0.25) is 11.8 Å². The Labute approximate surface area is 132 Å². The van der Waals surface area contributed by atoms with Gasteiger partial charge in [0.25, 0.3) is 0 Å². The summed E-state index contributed by atoms with van der Waals surface area (Å²) in [6, 6.07) is 8.20. The maximum atomic E-state index is 12.2. The molecule has 0 saturated carbocycles. The summed E-state index contributed by atoms with van der Waals surface area (Å²) in [6.07, 6.45) is 1.26. The number of likely N-dealkylation sites (N-methyl/N-ethyl adjacent to an activating group) is 1. The number of anilines is 1. The Hall–Kier alpha value is -1.88. The number of aryl methyl sites for hydroxylation is 1. The van der Waals surface area contributed by atoms with Gasteiger partial charge < -0.3 is 15.5 Å². The minimum atomic E-state index is -0.262. The van der Waals surface area contributed by atoms with E-state index in [4.69, 9.17) is 0 Å². The van der Waals surface area contributed by atoms with Crippen LogP contribution in [0.15, 0.2) is 24.3 Å². The molecule has 2 rings (SSSR count). The van der Waals surface area contributed by atoms with Crippen molar-refractivity contribution in [2.45, 2.75) is 32.7 Å². The second-order valence-electron chi connectivity index (χ2n) is 5.86. The average Bonchev–Trinajstić information content (AvgIpc) is 2.94. The summed E-state index contributed by atoms with van der Waals surface area (Å²) in [6.45, 7) is 5.14. The highest BCUT2D eigenvalue weighted by Gasteiger charge is 2.34. The number of amides is 2. The van der Waals surface area contributed by atoms with E-state index in [1.807, 2.05) is 38.2 Å². The zero-order valence-corrected chi connectivity index (χ0v) is 13.6. The van der Waals surface area contributed by atoms with Gasteiger partial charge in [-0.05, 0) is 38.1 Å². The van der Waals surface area contributed by atoms with E-state index in [1.165, 1.54) is 5.56 Å². The van der Waals surface area contributed by atoms with Crippen LogP contribution in [0.1, 0.15) is 25.8 Å². The van der Waals surface area contributed by atoms with Gasteiger partial charge >= 0.3 is 0 Å². The first-order chi connectivity index (χ1) is 10.5. The van der Waals surface area contributed by atoms with Crippen LogP contribution in [0.2, 0.25) is 0 Å². The molecule has 2 N–H and O–H groups in total. The standard InChI is InChI=1S/C17H25N3O2/c1-4-13-5-7-15(8-6-13)20-11-14(9-16(20)21)17(22)19-10-12(2)18-3/h5-8,12,14,18H,4,9-11H2,1-3H3,(H,19,22). The molecule has 22 heavy (non-hydrogen) atoms. The number of hydrogen-bond acceptors (Lipinski definition) is 3. The third-order valence-corrected chi connectivity index (χ3v) is 4.23. The molecule has 1 aromatic carbocycles. The number of hydrogen-bond donors (Lipinski definition) is 2. The van der Waals surface area contributed by atoms with E-state index in [-0.39, 0.29) is 30.2 Å². The van der Waals surface area contributed by atoms with Crippen molar-refractivity contribution in [1.29, 1.82) is 0 Å². The Morgan fingerprint density at radius 2 is 2.05 bits per heavy atom. The van der Waals surface area contributed by atoms with E-state index in [9.17, 15) is 9.59 Å². The normalized spacial score (nSPS) is 19.3. The van der Waals surface area contributed by atoms with Crippen LogP contribution in [0.5, 0.6) is 0 Å². The molecule has 1 aliphatic heterocycles. The Balaban J connectivity index is 1.96. The zero-order chi connectivity index (χ0) is 16.1. The van der Waals surface area contributed by atoms with Gasteiger partial charge in [-0.2, -0.15) is 0 Å². The van der Waals surface area contributed by atoms with Crippen molar-refractivity contribution < 1.29 is 9.59 Å². The lowest BCUT2D eigenvalue weighted by Gasteiger charge is -2.17. The summed E-state index contributed by atoms with van der Waals surface area (Å²) in [7, 11) is 1.86. The summed E-state index contributed by atoms with van der Waals surface area (Å²) in [5.41, 5.74) is 2.12. The molecule has 0 aromatic heterocycles. The molecule has 0 radical (unpaired) electrons. The predicted octanol–water partition coefficient (Wildman–Crippen LogP) is 1.33. The molecule has 1 aromatic rings. The molecule has 2 amide bonds. The van der Waals surface area contributed by atoms with Crippen molar-refractivity contribution in [2.24, 2.45) is 5.92 Å². The Morgan fingerprint density at radius 3 is 2.64 bits per heavy atom. The van der Waals surface area contributed by atoms with Crippen LogP contribution in [-0.4, -0.2) is 38.0 Å². The Bertz CT molecular complexity index is 527. The monoisotopic (exact) mass is 303 g/mol. The molecule has 120 valence electrons. The zero-order valence-electron chi connectivity index (χ0n) is 13.6. The van der Waals surface area contributed by atoms with Crippen molar-refractivity contribution >= 4 is 17.5 Å². The summed E-state index contributed by atoms with van der Waals surface area (Å²) in [5.74, 6) is -0.281. The Morgan fingerprint density at radius 1 is 1.36 bits per heavy atom. The fourth-order valence-corrected chi connectivity index (χ4v) is 2.54. The second kappa shape index (κ2) is 7.40. The van der Waals surface area contributed by atoms with E-state index in [0.29, 0.717) is 13.1 Å². The quantitative estimate of drug-likeness (QED) is 0.833. The molecule has 1 saturated heterocycles. The van der Waals surface area contributed by atoms with Crippen molar-refractivity contribution in [3.63, 3.8) is 0 Å². The highest BCUT2D eigenvalue weighted by molar-refractivity contribution is 6.00.